The highest BCUT2D eigenvalue weighted by Gasteiger charge is 2.13. The minimum absolute atomic E-state index is 0.312. The van der Waals surface area contributed by atoms with Gasteiger partial charge in [0.2, 0.25) is 10.0 Å². The Balaban J connectivity index is 2.87. The first-order valence-corrected chi connectivity index (χ1v) is 6.24. The summed E-state index contributed by atoms with van der Waals surface area (Å²) in [6, 6.07) is 5.71. The molecule has 1 atom stereocenters. The highest BCUT2D eigenvalue weighted by molar-refractivity contribution is 7.92. The summed E-state index contributed by atoms with van der Waals surface area (Å²) in [5.41, 5.74) is 5.57. The third-order valence-electron chi connectivity index (χ3n) is 1.80. The minimum atomic E-state index is -3.33. The zero-order valence-corrected chi connectivity index (χ0v) is 9.36. The van der Waals surface area contributed by atoms with Crippen LogP contribution in [-0.2, 0) is 14.8 Å². The third-order valence-corrected chi connectivity index (χ3v) is 2.41. The fourth-order valence-corrected chi connectivity index (χ4v) is 1.68. The molecule has 0 saturated heterocycles. The number of aliphatic hydroxyl groups is 1. The molecular formula is C9H12N2O4S. The molecule has 1 unspecified atom stereocenters. The van der Waals surface area contributed by atoms with E-state index in [4.69, 9.17) is 5.73 Å². The predicted molar refractivity (Wildman–Crippen MR) is 59.1 cm³/mol. The quantitative estimate of drug-likeness (QED) is 0.668. The van der Waals surface area contributed by atoms with Crippen molar-refractivity contribution >= 4 is 21.6 Å². The van der Waals surface area contributed by atoms with Gasteiger partial charge in [-0.15, -0.1) is 0 Å². The first kappa shape index (κ1) is 12.5. The molecular weight excluding hydrogens is 232 g/mol. The van der Waals surface area contributed by atoms with Crippen molar-refractivity contribution in [3.8, 4) is 0 Å². The Morgan fingerprint density at radius 2 is 1.88 bits per heavy atom. The van der Waals surface area contributed by atoms with Crippen molar-refractivity contribution in [2.45, 2.75) is 6.10 Å². The smallest absolute Gasteiger partial charge is 0.250 e. The molecule has 6 nitrogen and oxygen atoms in total. The van der Waals surface area contributed by atoms with Gasteiger partial charge < -0.3 is 10.8 Å². The number of hydrogen-bond acceptors (Lipinski definition) is 4. The van der Waals surface area contributed by atoms with Crippen LogP contribution < -0.4 is 10.5 Å². The van der Waals surface area contributed by atoms with E-state index in [1.54, 1.807) is 0 Å². The van der Waals surface area contributed by atoms with Crippen LogP contribution in [0.1, 0.15) is 11.7 Å². The summed E-state index contributed by atoms with van der Waals surface area (Å²) in [4.78, 5) is 10.7. The second-order valence-electron chi connectivity index (χ2n) is 3.30. The van der Waals surface area contributed by atoms with Crippen molar-refractivity contribution in [1.82, 2.24) is 0 Å². The van der Waals surface area contributed by atoms with Crippen LogP contribution in [0, 0.1) is 0 Å². The van der Waals surface area contributed by atoms with Gasteiger partial charge in [0.25, 0.3) is 5.91 Å². The van der Waals surface area contributed by atoms with Crippen LogP contribution in [0.4, 0.5) is 5.69 Å². The van der Waals surface area contributed by atoms with Crippen molar-refractivity contribution < 1.29 is 18.3 Å². The van der Waals surface area contributed by atoms with E-state index in [0.29, 0.717) is 11.3 Å². The zero-order chi connectivity index (χ0) is 12.3. The van der Waals surface area contributed by atoms with Crippen molar-refractivity contribution in [3.63, 3.8) is 0 Å². The highest BCUT2D eigenvalue weighted by Crippen LogP contribution is 2.16. The monoisotopic (exact) mass is 244 g/mol. The Morgan fingerprint density at radius 3 is 2.25 bits per heavy atom. The second kappa shape index (κ2) is 4.50. The van der Waals surface area contributed by atoms with E-state index < -0.39 is 22.0 Å². The standard InChI is InChI=1S/C9H12N2O4S/c1-16(14,15)11-7-4-2-6(3-5-7)8(12)9(10)13/h2-5,8,11-12H,1H3,(H2,10,13). The molecule has 7 heteroatoms. The van der Waals surface area contributed by atoms with E-state index in [0.717, 1.165) is 6.26 Å². The fraction of sp³-hybridized carbons (Fsp3) is 0.222. The summed E-state index contributed by atoms with van der Waals surface area (Å²) < 4.78 is 24.0. The minimum Gasteiger partial charge on any atom is -0.378 e. The topological polar surface area (TPSA) is 109 Å². The number of carbonyl (C=O) groups excluding carboxylic acids is 1. The van der Waals surface area contributed by atoms with Gasteiger partial charge in [-0.05, 0) is 17.7 Å². The largest absolute Gasteiger partial charge is 0.378 e. The molecule has 1 amide bonds. The molecule has 0 radical (unpaired) electrons. The van der Waals surface area contributed by atoms with Crippen LogP contribution in [0.15, 0.2) is 24.3 Å². The number of aliphatic hydroxyl groups excluding tert-OH is 1. The maximum absolute atomic E-state index is 10.9. The van der Waals surface area contributed by atoms with Gasteiger partial charge in [-0.25, -0.2) is 8.42 Å². The number of nitrogens with two attached hydrogens (primary N) is 1. The molecule has 0 aromatic heterocycles. The molecule has 0 saturated carbocycles. The lowest BCUT2D eigenvalue weighted by molar-refractivity contribution is -0.126. The average Bonchev–Trinajstić information content (AvgIpc) is 2.15. The first-order valence-electron chi connectivity index (χ1n) is 4.35. The molecule has 1 rings (SSSR count). The summed E-state index contributed by atoms with van der Waals surface area (Å²) in [5.74, 6) is -0.858. The van der Waals surface area contributed by atoms with Gasteiger partial charge in [0.05, 0.1) is 6.26 Å². The Labute approximate surface area is 93.1 Å². The van der Waals surface area contributed by atoms with Crippen LogP contribution >= 0.6 is 0 Å². The number of primary amides is 1. The fourth-order valence-electron chi connectivity index (χ4n) is 1.11. The molecule has 0 heterocycles. The van der Waals surface area contributed by atoms with E-state index in [2.05, 4.69) is 4.72 Å². The van der Waals surface area contributed by atoms with E-state index in [9.17, 15) is 18.3 Å². The summed E-state index contributed by atoms with van der Waals surface area (Å²) >= 11 is 0. The molecule has 1 aromatic carbocycles. The SMILES string of the molecule is CS(=O)(=O)Nc1ccc(C(O)C(N)=O)cc1. The lowest BCUT2D eigenvalue weighted by atomic mass is 10.1. The number of hydrogen-bond donors (Lipinski definition) is 3. The number of amides is 1. The van der Waals surface area contributed by atoms with Gasteiger partial charge in [-0.3, -0.25) is 9.52 Å². The summed E-state index contributed by atoms with van der Waals surface area (Å²) in [5, 5.41) is 9.31. The highest BCUT2D eigenvalue weighted by atomic mass is 32.2. The molecule has 0 bridgehead atoms. The number of rotatable bonds is 4. The van der Waals surface area contributed by atoms with E-state index >= 15 is 0 Å². The van der Waals surface area contributed by atoms with Gasteiger partial charge in [-0.1, -0.05) is 12.1 Å². The van der Waals surface area contributed by atoms with Crippen LogP contribution in [0.25, 0.3) is 0 Å². The number of benzene rings is 1. The molecule has 0 aliphatic heterocycles. The normalized spacial score (nSPS) is 13.1. The van der Waals surface area contributed by atoms with Gasteiger partial charge in [-0.2, -0.15) is 0 Å². The van der Waals surface area contributed by atoms with E-state index in [1.807, 2.05) is 0 Å². The number of sulfonamides is 1. The van der Waals surface area contributed by atoms with Crippen molar-refractivity contribution in [3.05, 3.63) is 29.8 Å². The first-order chi connectivity index (χ1) is 7.29. The molecule has 0 aliphatic carbocycles. The van der Waals surface area contributed by atoms with Gasteiger partial charge in [0.1, 0.15) is 0 Å². The maximum Gasteiger partial charge on any atom is 0.250 e. The van der Waals surface area contributed by atoms with Crippen LogP contribution in [0.5, 0.6) is 0 Å². The van der Waals surface area contributed by atoms with Gasteiger partial charge in [0, 0.05) is 5.69 Å². The Morgan fingerprint density at radius 1 is 1.38 bits per heavy atom. The third kappa shape index (κ3) is 3.52. The van der Waals surface area contributed by atoms with Gasteiger partial charge >= 0.3 is 0 Å². The van der Waals surface area contributed by atoms with Crippen molar-refractivity contribution in [1.29, 1.82) is 0 Å². The Bertz CT molecular complexity index is 481. The molecule has 88 valence electrons. The second-order valence-corrected chi connectivity index (χ2v) is 5.05. The molecule has 4 N–H and O–H groups in total. The van der Waals surface area contributed by atoms with Crippen molar-refractivity contribution in [2.24, 2.45) is 5.73 Å². The lowest BCUT2D eigenvalue weighted by Crippen LogP contribution is -2.20. The maximum atomic E-state index is 10.9. The lowest BCUT2D eigenvalue weighted by Gasteiger charge is -2.08. The summed E-state index contributed by atoms with van der Waals surface area (Å²) in [7, 11) is -3.33. The summed E-state index contributed by atoms with van der Waals surface area (Å²) in [6.45, 7) is 0. The van der Waals surface area contributed by atoms with Gasteiger partial charge in [0.15, 0.2) is 6.10 Å². The van der Waals surface area contributed by atoms with Crippen molar-refractivity contribution in [2.75, 3.05) is 11.0 Å². The zero-order valence-electron chi connectivity index (χ0n) is 8.54. The molecule has 0 spiro atoms. The van der Waals surface area contributed by atoms with E-state index in [-0.39, 0.29) is 0 Å². The van der Waals surface area contributed by atoms with Crippen LogP contribution in [0.2, 0.25) is 0 Å². The Hall–Kier alpha value is -1.60. The average molecular weight is 244 g/mol. The van der Waals surface area contributed by atoms with E-state index in [1.165, 1.54) is 24.3 Å². The predicted octanol–water partition coefficient (Wildman–Crippen LogP) is -0.423. The Kier molecular flexibility index (Phi) is 3.51. The molecule has 0 aliphatic rings. The molecule has 1 aromatic rings. The number of carbonyl (C=O) groups is 1. The van der Waals surface area contributed by atoms with Crippen LogP contribution in [-0.4, -0.2) is 25.7 Å². The number of anilines is 1. The molecule has 16 heavy (non-hydrogen) atoms. The number of nitrogens with one attached hydrogen (secondary N) is 1. The summed E-state index contributed by atoms with van der Waals surface area (Å²) in [6.07, 6.45) is -0.355. The van der Waals surface area contributed by atoms with Crippen LogP contribution in [0.3, 0.4) is 0 Å². The molecule has 0 fully saturated rings.